The summed E-state index contributed by atoms with van der Waals surface area (Å²) < 4.78 is 0. The fourth-order valence-corrected chi connectivity index (χ4v) is 2.67. The highest BCUT2D eigenvalue weighted by molar-refractivity contribution is 5.41. The quantitative estimate of drug-likeness (QED) is 0.778. The summed E-state index contributed by atoms with van der Waals surface area (Å²) in [6.07, 6.45) is 0. The van der Waals surface area contributed by atoms with Crippen LogP contribution in [-0.2, 0) is 0 Å². The van der Waals surface area contributed by atoms with Gasteiger partial charge in [0.2, 0.25) is 0 Å². The molecule has 2 nitrogen and oxygen atoms in total. The van der Waals surface area contributed by atoms with Crippen molar-refractivity contribution in [3.63, 3.8) is 0 Å². The minimum atomic E-state index is 0.288. The molecule has 0 aromatic heterocycles. The normalized spacial score (nSPS) is 27.7. The fraction of sp³-hybridized carbons (Fsp3) is 0.538. The molecule has 2 heteroatoms. The Morgan fingerprint density at radius 2 is 2.07 bits per heavy atom. The molecule has 0 amide bonds. The molecule has 15 heavy (non-hydrogen) atoms. The van der Waals surface area contributed by atoms with Crippen molar-refractivity contribution in [1.29, 1.82) is 0 Å². The Hall–Kier alpha value is -1.02. The lowest BCUT2D eigenvalue weighted by atomic mass is 10.0. The molecule has 1 saturated carbocycles. The number of phenols is 1. The van der Waals surface area contributed by atoms with Crippen LogP contribution in [0.4, 0.5) is 0 Å². The molecular formula is C13H19NO. The highest BCUT2D eigenvalue weighted by Gasteiger charge is 2.57. The summed E-state index contributed by atoms with van der Waals surface area (Å²) in [4.78, 5) is 0. The van der Waals surface area contributed by atoms with E-state index in [2.05, 4.69) is 19.9 Å². The van der Waals surface area contributed by atoms with Crippen molar-refractivity contribution in [2.24, 2.45) is 17.1 Å². The number of phenolic OH excluding ortho intramolecular Hbond substituents is 1. The SMILES string of the molecule is Cc1ccc(C2C(CN)C2(C)C)cc1O. The van der Waals surface area contributed by atoms with E-state index in [9.17, 15) is 5.11 Å². The third-order valence-electron chi connectivity index (χ3n) is 3.90. The zero-order chi connectivity index (χ0) is 11.2. The van der Waals surface area contributed by atoms with Gasteiger partial charge in [-0.25, -0.2) is 0 Å². The lowest BCUT2D eigenvalue weighted by Gasteiger charge is -2.05. The van der Waals surface area contributed by atoms with E-state index in [1.807, 2.05) is 19.1 Å². The Kier molecular flexibility index (Phi) is 2.27. The molecule has 0 saturated heterocycles. The molecule has 1 aliphatic rings. The van der Waals surface area contributed by atoms with Gasteiger partial charge in [-0.15, -0.1) is 0 Å². The predicted octanol–water partition coefficient (Wildman–Crippen LogP) is 2.40. The zero-order valence-electron chi connectivity index (χ0n) is 9.62. The number of hydrogen-bond donors (Lipinski definition) is 2. The number of aryl methyl sites for hydroxylation is 1. The highest BCUT2D eigenvalue weighted by Crippen LogP contribution is 2.64. The van der Waals surface area contributed by atoms with Crippen molar-refractivity contribution >= 4 is 0 Å². The predicted molar refractivity (Wildman–Crippen MR) is 61.9 cm³/mol. The maximum Gasteiger partial charge on any atom is 0.118 e. The Bertz CT molecular complexity index is 384. The molecule has 2 atom stereocenters. The van der Waals surface area contributed by atoms with Crippen LogP contribution in [0.1, 0.15) is 30.9 Å². The molecule has 0 spiro atoms. The summed E-state index contributed by atoms with van der Waals surface area (Å²) >= 11 is 0. The summed E-state index contributed by atoms with van der Waals surface area (Å²) in [5.74, 6) is 1.46. The number of aromatic hydroxyl groups is 1. The molecule has 0 radical (unpaired) electrons. The van der Waals surface area contributed by atoms with Gasteiger partial charge < -0.3 is 10.8 Å². The zero-order valence-corrected chi connectivity index (χ0v) is 9.62. The summed E-state index contributed by atoms with van der Waals surface area (Å²) in [7, 11) is 0. The number of rotatable bonds is 2. The van der Waals surface area contributed by atoms with Crippen molar-refractivity contribution in [3.05, 3.63) is 29.3 Å². The first kappa shape index (κ1) is 10.5. The molecule has 1 aliphatic carbocycles. The van der Waals surface area contributed by atoms with Crippen molar-refractivity contribution in [2.45, 2.75) is 26.7 Å². The Labute approximate surface area is 91.1 Å². The average Bonchev–Trinajstić information content (AvgIpc) is 2.73. The van der Waals surface area contributed by atoms with Gasteiger partial charge in [0.15, 0.2) is 0 Å². The first-order valence-corrected chi connectivity index (χ1v) is 5.48. The number of benzene rings is 1. The van der Waals surface area contributed by atoms with Crippen molar-refractivity contribution < 1.29 is 5.11 Å². The topological polar surface area (TPSA) is 46.2 Å². The Morgan fingerprint density at radius 1 is 1.40 bits per heavy atom. The van der Waals surface area contributed by atoms with Gasteiger partial charge in [-0.2, -0.15) is 0 Å². The largest absolute Gasteiger partial charge is 0.508 e. The number of nitrogens with two attached hydrogens (primary N) is 1. The van der Waals surface area contributed by atoms with Crippen LogP contribution in [0, 0.1) is 18.3 Å². The second-order valence-electron chi connectivity index (χ2n) is 5.19. The van der Waals surface area contributed by atoms with Crippen molar-refractivity contribution in [3.8, 4) is 5.75 Å². The monoisotopic (exact) mass is 205 g/mol. The summed E-state index contributed by atoms with van der Waals surface area (Å²) in [6.45, 7) is 7.13. The van der Waals surface area contributed by atoms with E-state index in [-0.39, 0.29) is 5.41 Å². The van der Waals surface area contributed by atoms with Gasteiger partial charge in [0.05, 0.1) is 0 Å². The molecule has 0 bridgehead atoms. The van der Waals surface area contributed by atoms with E-state index in [4.69, 9.17) is 5.73 Å². The maximum absolute atomic E-state index is 9.67. The van der Waals surface area contributed by atoms with Crippen LogP contribution in [0.3, 0.4) is 0 Å². The van der Waals surface area contributed by atoms with Crippen LogP contribution in [-0.4, -0.2) is 11.7 Å². The number of hydrogen-bond acceptors (Lipinski definition) is 2. The van der Waals surface area contributed by atoms with Gasteiger partial charge in [-0.1, -0.05) is 26.0 Å². The van der Waals surface area contributed by atoms with E-state index in [1.54, 1.807) is 0 Å². The first-order valence-electron chi connectivity index (χ1n) is 5.48. The second-order valence-corrected chi connectivity index (χ2v) is 5.19. The Morgan fingerprint density at radius 3 is 2.53 bits per heavy atom. The van der Waals surface area contributed by atoms with Crippen LogP contribution in [0.25, 0.3) is 0 Å². The average molecular weight is 205 g/mol. The van der Waals surface area contributed by atoms with E-state index in [1.165, 1.54) is 5.56 Å². The van der Waals surface area contributed by atoms with E-state index in [0.717, 1.165) is 12.1 Å². The fourth-order valence-electron chi connectivity index (χ4n) is 2.67. The summed E-state index contributed by atoms with van der Waals surface area (Å²) in [5, 5.41) is 9.67. The molecule has 3 N–H and O–H groups in total. The van der Waals surface area contributed by atoms with E-state index in [0.29, 0.717) is 17.6 Å². The molecule has 1 aromatic carbocycles. The molecule has 0 aliphatic heterocycles. The van der Waals surface area contributed by atoms with E-state index >= 15 is 0 Å². The van der Waals surface area contributed by atoms with Crippen LogP contribution < -0.4 is 5.73 Å². The third kappa shape index (κ3) is 1.53. The second kappa shape index (κ2) is 3.24. The Balaban J connectivity index is 2.29. The van der Waals surface area contributed by atoms with Crippen LogP contribution in [0.5, 0.6) is 5.75 Å². The maximum atomic E-state index is 9.67. The summed E-state index contributed by atoms with van der Waals surface area (Å²) in [6, 6.07) is 5.97. The first-order chi connectivity index (χ1) is 6.98. The standard InChI is InChI=1S/C13H19NO/c1-8-4-5-9(6-11(8)15)12-10(7-14)13(12,2)3/h4-6,10,12,15H,7,14H2,1-3H3. The molecule has 2 unspecified atom stereocenters. The van der Waals surface area contributed by atoms with Crippen LogP contribution in [0.15, 0.2) is 18.2 Å². The molecular weight excluding hydrogens is 186 g/mol. The van der Waals surface area contributed by atoms with Gasteiger partial charge in [0.1, 0.15) is 5.75 Å². The molecule has 1 aromatic rings. The highest BCUT2D eigenvalue weighted by atomic mass is 16.3. The van der Waals surface area contributed by atoms with Gasteiger partial charge in [0.25, 0.3) is 0 Å². The van der Waals surface area contributed by atoms with Crippen LogP contribution in [0.2, 0.25) is 0 Å². The lowest BCUT2D eigenvalue weighted by Crippen LogP contribution is -2.05. The van der Waals surface area contributed by atoms with Gasteiger partial charge in [-0.05, 0) is 47.9 Å². The minimum absolute atomic E-state index is 0.288. The third-order valence-corrected chi connectivity index (χ3v) is 3.90. The van der Waals surface area contributed by atoms with Crippen LogP contribution >= 0.6 is 0 Å². The van der Waals surface area contributed by atoms with E-state index < -0.39 is 0 Å². The molecule has 1 fully saturated rings. The smallest absolute Gasteiger partial charge is 0.118 e. The molecule has 0 heterocycles. The van der Waals surface area contributed by atoms with Gasteiger partial charge >= 0.3 is 0 Å². The summed E-state index contributed by atoms with van der Waals surface area (Å²) in [5.41, 5.74) is 8.18. The molecule has 2 rings (SSSR count). The lowest BCUT2D eigenvalue weighted by molar-refractivity contribution is 0.470. The van der Waals surface area contributed by atoms with Gasteiger partial charge in [-0.3, -0.25) is 0 Å². The van der Waals surface area contributed by atoms with Crippen molar-refractivity contribution in [2.75, 3.05) is 6.54 Å². The minimum Gasteiger partial charge on any atom is -0.508 e. The van der Waals surface area contributed by atoms with Gasteiger partial charge in [0, 0.05) is 0 Å². The molecule has 82 valence electrons. The van der Waals surface area contributed by atoms with Crippen molar-refractivity contribution in [1.82, 2.24) is 0 Å².